The average molecular weight is 282 g/mol. The molecule has 0 aliphatic carbocycles. The van der Waals surface area contributed by atoms with E-state index in [-0.39, 0.29) is 24.7 Å². The number of amides is 1. The van der Waals surface area contributed by atoms with Gasteiger partial charge in [0.15, 0.2) is 5.78 Å². The van der Waals surface area contributed by atoms with E-state index in [9.17, 15) is 9.59 Å². The minimum absolute atomic E-state index is 0.0172. The number of benzene rings is 1. The lowest BCUT2D eigenvalue weighted by molar-refractivity contribution is -0.121. The third kappa shape index (κ3) is 2.02. The fraction of sp³-hybridized carbons (Fsp3) is 0.333. The van der Waals surface area contributed by atoms with Gasteiger partial charge in [-0.15, -0.1) is 0 Å². The lowest BCUT2D eigenvalue weighted by Gasteiger charge is -2.17. The van der Waals surface area contributed by atoms with Gasteiger partial charge < -0.3 is 4.90 Å². The molecule has 1 fully saturated rings. The van der Waals surface area contributed by atoms with E-state index in [2.05, 4.69) is 22.9 Å². The summed E-state index contributed by atoms with van der Waals surface area (Å²) in [6, 6.07) is 5.86. The summed E-state index contributed by atoms with van der Waals surface area (Å²) >= 11 is 3.44. The molecule has 0 N–H and O–H groups in total. The summed E-state index contributed by atoms with van der Waals surface area (Å²) in [7, 11) is 0. The molecule has 1 aliphatic heterocycles. The SMILES string of the molecule is CCc1ccc(N2CC(=O)CC2=O)c(Br)c1. The Bertz CT molecular complexity index is 456. The van der Waals surface area contributed by atoms with Crippen molar-refractivity contribution in [2.24, 2.45) is 0 Å². The van der Waals surface area contributed by atoms with Crippen molar-refractivity contribution in [1.29, 1.82) is 0 Å². The summed E-state index contributed by atoms with van der Waals surface area (Å²) in [6.45, 7) is 2.27. The molecule has 84 valence electrons. The highest BCUT2D eigenvalue weighted by Gasteiger charge is 2.29. The zero-order valence-corrected chi connectivity index (χ0v) is 10.6. The number of halogens is 1. The number of anilines is 1. The average Bonchev–Trinajstić information content (AvgIpc) is 2.57. The van der Waals surface area contributed by atoms with Gasteiger partial charge in [-0.3, -0.25) is 9.59 Å². The Balaban J connectivity index is 2.34. The molecule has 0 atom stereocenters. The van der Waals surface area contributed by atoms with E-state index in [1.165, 1.54) is 10.5 Å². The van der Waals surface area contributed by atoms with Crippen LogP contribution in [0.2, 0.25) is 0 Å². The van der Waals surface area contributed by atoms with Crippen molar-refractivity contribution in [3.8, 4) is 0 Å². The Morgan fingerprint density at radius 2 is 2.12 bits per heavy atom. The topological polar surface area (TPSA) is 37.4 Å². The molecule has 1 amide bonds. The van der Waals surface area contributed by atoms with Crippen LogP contribution in [0.1, 0.15) is 18.9 Å². The second-order valence-electron chi connectivity index (χ2n) is 3.83. The Morgan fingerprint density at radius 1 is 1.38 bits per heavy atom. The lowest BCUT2D eigenvalue weighted by Crippen LogP contribution is -2.24. The van der Waals surface area contributed by atoms with E-state index in [0.29, 0.717) is 0 Å². The van der Waals surface area contributed by atoms with Crippen LogP contribution in [0.3, 0.4) is 0 Å². The van der Waals surface area contributed by atoms with Crippen molar-refractivity contribution >= 4 is 33.3 Å². The molecule has 1 aliphatic rings. The number of ketones is 1. The maximum absolute atomic E-state index is 11.6. The molecular formula is C12H12BrNO2. The van der Waals surface area contributed by atoms with Gasteiger partial charge in [0.1, 0.15) is 0 Å². The molecule has 3 nitrogen and oxygen atoms in total. The number of carbonyl (C=O) groups is 2. The van der Waals surface area contributed by atoms with Crippen molar-refractivity contribution in [3.05, 3.63) is 28.2 Å². The number of rotatable bonds is 2. The maximum Gasteiger partial charge on any atom is 0.234 e. The van der Waals surface area contributed by atoms with Gasteiger partial charge in [-0.2, -0.15) is 0 Å². The molecule has 2 rings (SSSR count). The van der Waals surface area contributed by atoms with E-state index >= 15 is 0 Å². The predicted octanol–water partition coefficient (Wildman–Crippen LogP) is 2.32. The summed E-state index contributed by atoms with van der Waals surface area (Å²) in [6.07, 6.45) is 0.980. The number of carbonyl (C=O) groups excluding carboxylic acids is 2. The van der Waals surface area contributed by atoms with Gasteiger partial charge in [-0.25, -0.2) is 0 Å². The van der Waals surface area contributed by atoms with Crippen LogP contribution in [0.4, 0.5) is 5.69 Å². The molecule has 0 radical (unpaired) electrons. The van der Waals surface area contributed by atoms with Crippen molar-refractivity contribution in [1.82, 2.24) is 0 Å². The monoisotopic (exact) mass is 281 g/mol. The molecule has 0 spiro atoms. The Morgan fingerprint density at radius 3 is 2.62 bits per heavy atom. The highest BCUT2D eigenvalue weighted by Crippen LogP contribution is 2.29. The summed E-state index contributed by atoms with van der Waals surface area (Å²) < 4.78 is 0.870. The van der Waals surface area contributed by atoms with Crippen molar-refractivity contribution in [2.45, 2.75) is 19.8 Å². The molecule has 4 heteroatoms. The van der Waals surface area contributed by atoms with Gasteiger partial charge in [-0.1, -0.05) is 13.0 Å². The normalized spacial score (nSPS) is 16.0. The van der Waals surface area contributed by atoms with Crippen LogP contribution in [0, 0.1) is 0 Å². The zero-order chi connectivity index (χ0) is 11.7. The molecule has 0 saturated carbocycles. The molecule has 0 aromatic heterocycles. The first-order valence-electron chi connectivity index (χ1n) is 5.22. The number of Topliss-reactive ketones (excluding diaryl/α,β-unsaturated/α-hetero) is 1. The Hall–Kier alpha value is -1.16. The van der Waals surface area contributed by atoms with Crippen LogP contribution in [0.15, 0.2) is 22.7 Å². The molecule has 1 aromatic rings. The summed E-state index contributed by atoms with van der Waals surface area (Å²) in [5, 5.41) is 0. The van der Waals surface area contributed by atoms with Gasteiger partial charge in [0.25, 0.3) is 0 Å². The van der Waals surface area contributed by atoms with E-state index in [1.54, 1.807) is 0 Å². The van der Waals surface area contributed by atoms with E-state index < -0.39 is 0 Å². The fourth-order valence-corrected chi connectivity index (χ4v) is 2.43. The van der Waals surface area contributed by atoms with Crippen molar-refractivity contribution in [2.75, 3.05) is 11.4 Å². The highest BCUT2D eigenvalue weighted by atomic mass is 79.9. The van der Waals surface area contributed by atoms with Crippen molar-refractivity contribution < 1.29 is 9.59 Å². The van der Waals surface area contributed by atoms with Gasteiger partial charge in [-0.05, 0) is 40.0 Å². The Labute approximate surface area is 103 Å². The van der Waals surface area contributed by atoms with Gasteiger partial charge in [0.05, 0.1) is 18.7 Å². The number of hydrogen-bond acceptors (Lipinski definition) is 2. The fourth-order valence-electron chi connectivity index (χ4n) is 1.79. The van der Waals surface area contributed by atoms with Crippen LogP contribution >= 0.6 is 15.9 Å². The molecule has 1 saturated heterocycles. The predicted molar refractivity (Wildman–Crippen MR) is 65.5 cm³/mol. The largest absolute Gasteiger partial charge is 0.303 e. The quantitative estimate of drug-likeness (QED) is 0.781. The van der Waals surface area contributed by atoms with Crippen molar-refractivity contribution in [3.63, 3.8) is 0 Å². The molecule has 0 bridgehead atoms. The first-order chi connectivity index (χ1) is 7.61. The molecule has 16 heavy (non-hydrogen) atoms. The summed E-state index contributed by atoms with van der Waals surface area (Å²) in [5.41, 5.74) is 1.99. The number of aryl methyl sites for hydroxylation is 1. The number of nitrogens with zero attached hydrogens (tertiary/aromatic N) is 1. The van der Waals surface area contributed by atoms with Gasteiger partial charge in [0, 0.05) is 4.47 Å². The van der Waals surface area contributed by atoms with Crippen LogP contribution in [0.25, 0.3) is 0 Å². The second kappa shape index (κ2) is 4.37. The van der Waals surface area contributed by atoms with Crippen LogP contribution in [-0.4, -0.2) is 18.2 Å². The molecule has 1 aromatic carbocycles. The Kier molecular flexibility index (Phi) is 3.10. The van der Waals surface area contributed by atoms with E-state index in [4.69, 9.17) is 0 Å². The maximum atomic E-state index is 11.6. The standard InChI is InChI=1S/C12H12BrNO2/c1-2-8-3-4-11(10(13)5-8)14-7-9(15)6-12(14)16/h3-5H,2,6-7H2,1H3. The minimum Gasteiger partial charge on any atom is -0.303 e. The number of hydrogen-bond donors (Lipinski definition) is 0. The highest BCUT2D eigenvalue weighted by molar-refractivity contribution is 9.10. The molecule has 1 heterocycles. The van der Waals surface area contributed by atoms with E-state index in [0.717, 1.165) is 16.6 Å². The third-order valence-electron chi connectivity index (χ3n) is 2.70. The lowest BCUT2D eigenvalue weighted by atomic mass is 10.1. The molecular weight excluding hydrogens is 270 g/mol. The first-order valence-corrected chi connectivity index (χ1v) is 6.01. The van der Waals surface area contributed by atoms with Crippen LogP contribution < -0.4 is 4.90 Å². The second-order valence-corrected chi connectivity index (χ2v) is 4.69. The van der Waals surface area contributed by atoms with Crippen LogP contribution in [-0.2, 0) is 16.0 Å². The zero-order valence-electron chi connectivity index (χ0n) is 9.00. The van der Waals surface area contributed by atoms with E-state index in [1.807, 2.05) is 18.2 Å². The first kappa shape index (κ1) is 11.3. The molecule has 0 unspecified atom stereocenters. The minimum atomic E-state index is -0.116. The third-order valence-corrected chi connectivity index (χ3v) is 3.33. The van der Waals surface area contributed by atoms with Gasteiger partial charge in [0.2, 0.25) is 5.91 Å². The van der Waals surface area contributed by atoms with Gasteiger partial charge >= 0.3 is 0 Å². The summed E-state index contributed by atoms with van der Waals surface area (Å²) in [4.78, 5) is 24.3. The summed E-state index contributed by atoms with van der Waals surface area (Å²) in [5.74, 6) is -0.133. The smallest absolute Gasteiger partial charge is 0.234 e. The van der Waals surface area contributed by atoms with Crippen LogP contribution in [0.5, 0.6) is 0 Å².